The van der Waals surface area contributed by atoms with Crippen molar-refractivity contribution in [1.29, 1.82) is 0 Å². The van der Waals surface area contributed by atoms with Crippen LogP contribution in [0.15, 0.2) is 11.6 Å². The molecule has 4 N–H and O–H groups in total. The van der Waals surface area contributed by atoms with Crippen LogP contribution in [0, 0.1) is 46.3 Å². The Morgan fingerprint density at radius 3 is 1.70 bits per heavy atom. The molecule has 3 saturated carbocycles. The third-order valence-corrected chi connectivity index (χ3v) is 17.8. The van der Waals surface area contributed by atoms with Gasteiger partial charge in [-0.05, 0) is 193 Å². The topological polar surface area (TPSA) is 216 Å². The number of Topliss-reactive ketones (excluding diaryl/α,β-unsaturated/α-hetero) is 1. The van der Waals surface area contributed by atoms with Crippen molar-refractivity contribution in [3.63, 3.8) is 0 Å². The number of hydrogen-bond acceptors (Lipinski definition) is 14. The van der Waals surface area contributed by atoms with Gasteiger partial charge in [0.25, 0.3) is 5.91 Å². The molecule has 0 spiro atoms. The minimum Gasteiger partial charge on any atom is -0.444 e. The number of rotatable bonds is 35. The van der Waals surface area contributed by atoms with Crippen LogP contribution < -0.4 is 16.4 Å². The predicted octanol–water partition coefficient (Wildman–Crippen LogP) is 11.4. The monoisotopic (exact) mass is 1180 g/mol. The molecule has 0 bridgehead atoms. The fraction of sp³-hybridized carbons (Fsp3) is 0.892. The Labute approximate surface area is 501 Å². The van der Waals surface area contributed by atoms with Crippen molar-refractivity contribution in [3.8, 4) is 0 Å². The highest BCUT2D eigenvalue weighted by atomic mass is 16.6. The van der Waals surface area contributed by atoms with E-state index in [0.717, 1.165) is 42.9 Å². The van der Waals surface area contributed by atoms with Gasteiger partial charge in [0.2, 0.25) is 5.60 Å². The summed E-state index contributed by atoms with van der Waals surface area (Å²) < 4.78 is 46.7. The van der Waals surface area contributed by atoms with Gasteiger partial charge in [0, 0.05) is 45.8 Å². The number of ether oxygens (including phenoxy) is 8. The molecule has 0 aliphatic heterocycles. The van der Waals surface area contributed by atoms with E-state index in [1.165, 1.54) is 57.4 Å². The first-order valence-corrected chi connectivity index (χ1v) is 32.0. The van der Waals surface area contributed by atoms with Crippen LogP contribution >= 0.6 is 0 Å². The number of alkyl carbamates (subject to hydrolysis) is 1. The Kier molecular flexibility index (Phi) is 29.1. The van der Waals surface area contributed by atoms with Gasteiger partial charge in [-0.1, -0.05) is 65.5 Å². The summed E-state index contributed by atoms with van der Waals surface area (Å²) in [6, 6.07) is 0. The lowest BCUT2D eigenvalue weighted by atomic mass is 9.47. The number of ketones is 1. The smallest absolute Gasteiger partial charge is 0.410 e. The van der Waals surface area contributed by atoms with Crippen LogP contribution in [-0.4, -0.2) is 167 Å². The van der Waals surface area contributed by atoms with Crippen LogP contribution in [-0.2, 0) is 47.5 Å². The number of unbranched alkanes of at least 4 members (excludes halogenated alkanes) is 1. The molecular formula is C65H117N5O13. The number of nitrogens with zero attached hydrogens (tertiary/aromatic N) is 2. The van der Waals surface area contributed by atoms with Gasteiger partial charge < -0.3 is 64.1 Å². The highest BCUT2D eigenvalue weighted by Crippen LogP contribution is 2.67. The van der Waals surface area contributed by atoms with Crippen LogP contribution in [0.3, 0.4) is 0 Å². The van der Waals surface area contributed by atoms with E-state index in [2.05, 4.69) is 51.3 Å². The Morgan fingerprint density at radius 1 is 0.639 bits per heavy atom. The summed E-state index contributed by atoms with van der Waals surface area (Å²) in [6.45, 7) is 34.3. The molecular weight excluding hydrogens is 1060 g/mol. The molecule has 4 aliphatic carbocycles. The van der Waals surface area contributed by atoms with Crippen molar-refractivity contribution in [2.75, 3.05) is 98.7 Å². The molecule has 0 radical (unpaired) electrons. The summed E-state index contributed by atoms with van der Waals surface area (Å²) in [7, 11) is 0. The molecule has 0 aromatic rings. The Hall–Kier alpha value is -3.55. The van der Waals surface area contributed by atoms with Crippen molar-refractivity contribution < 1.29 is 61.9 Å². The second kappa shape index (κ2) is 33.5. The summed E-state index contributed by atoms with van der Waals surface area (Å²) in [5, 5.41) is 5.77. The molecule has 4 amide bonds. The average molecular weight is 1180 g/mol. The summed E-state index contributed by atoms with van der Waals surface area (Å²) in [6.07, 6.45) is 15.2. The van der Waals surface area contributed by atoms with E-state index in [4.69, 9.17) is 43.6 Å². The molecule has 4 unspecified atom stereocenters. The van der Waals surface area contributed by atoms with Crippen LogP contribution in [0.4, 0.5) is 14.4 Å². The second-order valence-corrected chi connectivity index (χ2v) is 28.4. The van der Waals surface area contributed by atoms with E-state index < -0.39 is 52.4 Å². The average Bonchev–Trinajstić information content (AvgIpc) is 1.91. The zero-order chi connectivity index (χ0) is 61.7. The number of amides is 4. The Morgan fingerprint density at radius 2 is 1.17 bits per heavy atom. The minimum absolute atomic E-state index is 0.0426. The molecule has 0 aromatic heterocycles. The number of fused-ring (bicyclic) bond motifs is 5. The largest absolute Gasteiger partial charge is 0.444 e. The number of allylic oxidation sites excluding steroid dienone is 1. The summed E-state index contributed by atoms with van der Waals surface area (Å²) >= 11 is 0. The molecule has 4 rings (SSSR count). The van der Waals surface area contributed by atoms with Gasteiger partial charge in [-0.2, -0.15) is 0 Å². The van der Waals surface area contributed by atoms with Gasteiger partial charge in [0.05, 0.1) is 59.0 Å². The number of nitrogens with one attached hydrogen (secondary N) is 2. The van der Waals surface area contributed by atoms with Gasteiger partial charge in [-0.15, -0.1) is 0 Å². The first kappa shape index (κ1) is 71.9. The number of hydrogen-bond donors (Lipinski definition) is 3. The van der Waals surface area contributed by atoms with Crippen molar-refractivity contribution in [3.05, 3.63) is 11.6 Å². The molecule has 480 valence electrons. The minimum atomic E-state index is -1.92. The molecule has 0 aromatic carbocycles. The SMILES string of the molecule is CC(=O)C(COCCOCCOCCOCCN)(O[C@H]1CC[C@@]2(C)C(=CCC3C2CC[C@@]2(C)C3CC[C@@H]2[C@H](C)CCCC(C)C)C1)C(=O)NCCCN(CCCCN(CCCNC(=O)OC(C)(C)C)C(=O)OC(C)(C)C)C(=O)OC(C)(C)C. The number of nitrogens with two attached hydrogens (primary N) is 1. The maximum Gasteiger partial charge on any atom is 0.410 e. The van der Waals surface area contributed by atoms with E-state index in [1.54, 1.807) is 30.6 Å². The van der Waals surface area contributed by atoms with E-state index >= 15 is 0 Å². The van der Waals surface area contributed by atoms with Gasteiger partial charge >= 0.3 is 18.3 Å². The molecule has 0 heterocycles. The first-order valence-electron chi connectivity index (χ1n) is 32.0. The van der Waals surface area contributed by atoms with Crippen LogP contribution in [0.1, 0.15) is 200 Å². The lowest BCUT2D eigenvalue weighted by Gasteiger charge is -2.58. The third kappa shape index (κ3) is 23.2. The molecule has 0 saturated heterocycles. The summed E-state index contributed by atoms with van der Waals surface area (Å²) in [4.78, 5) is 71.3. The Balaban J connectivity index is 1.43. The summed E-state index contributed by atoms with van der Waals surface area (Å²) in [5.41, 5.74) is 3.31. The van der Waals surface area contributed by atoms with Gasteiger partial charge in [0.15, 0.2) is 5.78 Å². The predicted molar refractivity (Wildman–Crippen MR) is 325 cm³/mol. The van der Waals surface area contributed by atoms with Crippen LogP contribution in [0.25, 0.3) is 0 Å². The fourth-order valence-electron chi connectivity index (χ4n) is 13.7. The fourth-order valence-corrected chi connectivity index (χ4v) is 13.7. The van der Waals surface area contributed by atoms with Gasteiger partial charge in [-0.25, -0.2) is 14.4 Å². The highest BCUT2D eigenvalue weighted by Gasteiger charge is 2.60. The van der Waals surface area contributed by atoms with E-state index in [0.29, 0.717) is 115 Å². The Bertz CT molecular complexity index is 2030. The highest BCUT2D eigenvalue weighted by molar-refractivity contribution is 6.08. The number of carbonyl (C=O) groups is 5. The zero-order valence-corrected chi connectivity index (χ0v) is 54.6. The van der Waals surface area contributed by atoms with Crippen LogP contribution in [0.2, 0.25) is 0 Å². The summed E-state index contributed by atoms with van der Waals surface area (Å²) in [5.74, 6) is 3.30. The van der Waals surface area contributed by atoms with Crippen LogP contribution in [0.5, 0.6) is 0 Å². The maximum absolute atomic E-state index is 14.7. The van der Waals surface area contributed by atoms with E-state index in [1.807, 2.05) is 41.5 Å². The lowest BCUT2D eigenvalue weighted by molar-refractivity contribution is -0.180. The van der Waals surface area contributed by atoms with E-state index in [-0.39, 0.29) is 44.4 Å². The van der Waals surface area contributed by atoms with Crippen molar-refractivity contribution in [1.82, 2.24) is 20.4 Å². The second-order valence-electron chi connectivity index (χ2n) is 28.4. The van der Waals surface area contributed by atoms with Crippen molar-refractivity contribution >= 4 is 30.0 Å². The lowest BCUT2D eigenvalue weighted by Crippen LogP contribution is -2.59. The third-order valence-electron chi connectivity index (χ3n) is 17.8. The van der Waals surface area contributed by atoms with Crippen molar-refractivity contribution in [2.24, 2.45) is 52.1 Å². The molecule has 18 nitrogen and oxygen atoms in total. The van der Waals surface area contributed by atoms with Gasteiger partial charge in [0.1, 0.15) is 16.8 Å². The quantitative estimate of drug-likeness (QED) is 0.0233. The molecule has 9 atom stereocenters. The molecule has 3 fully saturated rings. The van der Waals surface area contributed by atoms with Gasteiger partial charge in [-0.3, -0.25) is 9.59 Å². The molecule has 83 heavy (non-hydrogen) atoms. The molecule has 4 aliphatic rings. The molecule has 18 heteroatoms. The van der Waals surface area contributed by atoms with Crippen molar-refractivity contribution in [2.45, 2.75) is 229 Å². The standard InChI is InChI=1S/C65H117N5O13/c1-47(2)21-18-22-48(3)53-25-26-54-52-24-23-50-45-51(27-29-63(50,14)55(52)28-30-64(53,54)15)80-65(49(4)71,46-79-44-43-78-42-41-77-40-39-76-38-31-66)56(72)67-32-19-36-69(58(74)82-61(8,9)10)34-16-17-35-70(59(75)83-62(11,12)13)37-20-33-68-57(73)81-60(5,6)7/h23,47-48,51-55H,16-22,24-46,66H2,1-15H3,(H,67,72)(H,68,73)/t48-,51+,52?,53-,54?,55?,63+,64-,65?/m1/s1. The van der Waals surface area contributed by atoms with E-state index in [9.17, 15) is 24.0 Å². The maximum atomic E-state index is 14.7. The zero-order valence-electron chi connectivity index (χ0n) is 54.6. The normalized spacial score (nSPS) is 24.5. The first-order chi connectivity index (χ1) is 38.9. The number of carbonyl (C=O) groups excluding carboxylic acids is 5.